The number of hydrogen-bond donors (Lipinski definition) is 1. The van der Waals surface area contributed by atoms with Crippen molar-refractivity contribution in [2.75, 3.05) is 26.2 Å². The number of piperazine rings is 1. The van der Waals surface area contributed by atoms with Crippen molar-refractivity contribution < 1.29 is 22.4 Å². The third-order valence-electron chi connectivity index (χ3n) is 5.41. The van der Waals surface area contributed by atoms with Crippen LogP contribution in [0.25, 0.3) is 10.9 Å². The molecule has 4 rings (SSSR count). The summed E-state index contributed by atoms with van der Waals surface area (Å²) in [5.41, 5.74) is -0.0419. The molecule has 0 saturated carbocycles. The van der Waals surface area contributed by atoms with Gasteiger partial charge in [0.1, 0.15) is 5.82 Å². The molecule has 1 amide bonds. The Balaban J connectivity index is 1.39. The Morgan fingerprint density at radius 3 is 2.35 bits per heavy atom. The molecule has 31 heavy (non-hydrogen) atoms. The van der Waals surface area contributed by atoms with Gasteiger partial charge in [0, 0.05) is 55.4 Å². The first-order valence-corrected chi connectivity index (χ1v) is 9.71. The summed E-state index contributed by atoms with van der Waals surface area (Å²) in [6, 6.07) is 10.8. The van der Waals surface area contributed by atoms with E-state index in [2.05, 4.69) is 4.98 Å². The van der Waals surface area contributed by atoms with E-state index in [1.807, 2.05) is 4.90 Å². The molecule has 1 aliphatic rings. The second-order valence-corrected chi connectivity index (χ2v) is 7.50. The van der Waals surface area contributed by atoms with Crippen molar-refractivity contribution in [1.82, 2.24) is 14.8 Å². The molecule has 0 radical (unpaired) electrons. The molecule has 9 heteroatoms. The van der Waals surface area contributed by atoms with E-state index in [1.54, 1.807) is 29.2 Å². The van der Waals surface area contributed by atoms with Gasteiger partial charge in [-0.15, -0.1) is 0 Å². The molecule has 0 spiro atoms. The number of alkyl halides is 3. The largest absolute Gasteiger partial charge is 0.416 e. The minimum atomic E-state index is -4.58. The number of hydrogen-bond acceptors (Lipinski definition) is 3. The van der Waals surface area contributed by atoms with Crippen molar-refractivity contribution in [3.05, 3.63) is 81.4 Å². The van der Waals surface area contributed by atoms with E-state index in [4.69, 9.17) is 0 Å². The van der Waals surface area contributed by atoms with Crippen molar-refractivity contribution >= 4 is 16.8 Å². The van der Waals surface area contributed by atoms with Crippen LogP contribution in [0.5, 0.6) is 0 Å². The number of H-pyrrole nitrogens is 1. The van der Waals surface area contributed by atoms with Crippen LogP contribution in [0.3, 0.4) is 0 Å². The van der Waals surface area contributed by atoms with Crippen molar-refractivity contribution in [1.29, 1.82) is 0 Å². The Kier molecular flexibility index (Phi) is 5.53. The van der Waals surface area contributed by atoms with Gasteiger partial charge in [-0.2, -0.15) is 13.2 Å². The fourth-order valence-corrected chi connectivity index (χ4v) is 3.67. The monoisotopic (exact) mass is 433 g/mol. The van der Waals surface area contributed by atoms with E-state index in [9.17, 15) is 27.2 Å². The normalized spacial score (nSPS) is 15.4. The zero-order chi connectivity index (χ0) is 22.2. The number of carbonyl (C=O) groups is 1. The Bertz CT molecular complexity index is 1180. The molecule has 2 heterocycles. The van der Waals surface area contributed by atoms with Gasteiger partial charge in [0.2, 0.25) is 5.56 Å². The van der Waals surface area contributed by atoms with E-state index in [0.29, 0.717) is 43.3 Å². The smallest absolute Gasteiger partial charge is 0.336 e. The van der Waals surface area contributed by atoms with Gasteiger partial charge in [0.05, 0.1) is 5.56 Å². The highest BCUT2D eigenvalue weighted by molar-refractivity contribution is 5.97. The lowest BCUT2D eigenvalue weighted by Gasteiger charge is -2.35. The van der Waals surface area contributed by atoms with Crippen LogP contribution in [0.1, 0.15) is 21.5 Å². The molecule has 0 aliphatic carbocycles. The molecule has 1 aromatic heterocycles. The zero-order valence-electron chi connectivity index (χ0n) is 16.4. The lowest BCUT2D eigenvalue weighted by molar-refractivity contribution is -0.137. The quantitative estimate of drug-likeness (QED) is 0.642. The number of aromatic nitrogens is 1. The first kappa shape index (κ1) is 21.0. The molecule has 1 aliphatic heterocycles. The Morgan fingerprint density at radius 2 is 1.68 bits per heavy atom. The van der Waals surface area contributed by atoms with Crippen LogP contribution < -0.4 is 5.56 Å². The van der Waals surface area contributed by atoms with Crippen molar-refractivity contribution in [3.8, 4) is 0 Å². The van der Waals surface area contributed by atoms with Crippen LogP contribution in [0.2, 0.25) is 0 Å². The van der Waals surface area contributed by atoms with Crippen LogP contribution in [0, 0.1) is 5.82 Å². The van der Waals surface area contributed by atoms with Gasteiger partial charge in [0.15, 0.2) is 0 Å². The highest BCUT2D eigenvalue weighted by Gasteiger charge is 2.31. The van der Waals surface area contributed by atoms with Crippen molar-refractivity contribution in [2.45, 2.75) is 12.7 Å². The molecule has 1 saturated heterocycles. The maximum atomic E-state index is 14.1. The summed E-state index contributed by atoms with van der Waals surface area (Å²) in [4.78, 5) is 30.6. The number of benzene rings is 2. The first-order chi connectivity index (χ1) is 14.7. The van der Waals surface area contributed by atoms with Gasteiger partial charge in [0.25, 0.3) is 5.91 Å². The standard InChI is InChI=1S/C22H19F4N3O2/c23-18-12-17(22(24,25)26)5-3-16(18)13-28-7-9-29(10-8-28)21(31)15-2-1-14-4-6-20(30)27-19(14)11-15/h1-6,11-12H,7-10,13H2,(H,27,30). The Morgan fingerprint density at radius 1 is 0.968 bits per heavy atom. The Labute approximate surface area is 174 Å². The number of aromatic amines is 1. The zero-order valence-corrected chi connectivity index (χ0v) is 16.4. The summed E-state index contributed by atoms with van der Waals surface area (Å²) in [7, 11) is 0. The SMILES string of the molecule is O=C(c1ccc2ccc(=O)[nH]c2c1)N1CCN(Cc2ccc(C(F)(F)F)cc2F)CC1. The molecule has 2 aromatic carbocycles. The van der Waals surface area contributed by atoms with Crippen LogP contribution in [-0.2, 0) is 12.7 Å². The van der Waals surface area contributed by atoms with Crippen LogP contribution in [-0.4, -0.2) is 46.9 Å². The third kappa shape index (κ3) is 4.61. The summed E-state index contributed by atoms with van der Waals surface area (Å²) >= 11 is 0. The fraction of sp³-hybridized carbons (Fsp3) is 0.273. The first-order valence-electron chi connectivity index (χ1n) is 9.71. The maximum absolute atomic E-state index is 14.1. The average Bonchev–Trinajstić information content (AvgIpc) is 2.74. The number of nitrogens with one attached hydrogen (secondary N) is 1. The highest BCUT2D eigenvalue weighted by atomic mass is 19.4. The van der Waals surface area contributed by atoms with Crippen LogP contribution in [0.4, 0.5) is 17.6 Å². The average molecular weight is 433 g/mol. The fourth-order valence-electron chi connectivity index (χ4n) is 3.67. The molecule has 0 unspecified atom stereocenters. The van der Waals surface area contributed by atoms with E-state index >= 15 is 0 Å². The van der Waals surface area contributed by atoms with Gasteiger partial charge < -0.3 is 9.88 Å². The third-order valence-corrected chi connectivity index (χ3v) is 5.41. The van der Waals surface area contributed by atoms with Gasteiger partial charge in [-0.25, -0.2) is 4.39 Å². The van der Waals surface area contributed by atoms with E-state index in [0.717, 1.165) is 17.5 Å². The van der Waals surface area contributed by atoms with Crippen LogP contribution >= 0.6 is 0 Å². The number of halogens is 4. The summed E-state index contributed by atoms with van der Waals surface area (Å²) in [6.45, 7) is 1.92. The van der Waals surface area contributed by atoms with Crippen molar-refractivity contribution in [2.24, 2.45) is 0 Å². The maximum Gasteiger partial charge on any atom is 0.416 e. The molecule has 3 aromatic rings. The van der Waals surface area contributed by atoms with Crippen molar-refractivity contribution in [3.63, 3.8) is 0 Å². The number of nitrogens with zero attached hydrogens (tertiary/aromatic N) is 2. The predicted octanol–water partition coefficient (Wildman–Crippen LogP) is 3.64. The summed E-state index contributed by atoms with van der Waals surface area (Å²) < 4.78 is 52.2. The predicted molar refractivity (Wildman–Crippen MR) is 107 cm³/mol. The number of pyridine rings is 1. The summed E-state index contributed by atoms with van der Waals surface area (Å²) in [5, 5.41) is 0.819. The molecule has 0 bridgehead atoms. The second-order valence-electron chi connectivity index (χ2n) is 7.50. The topological polar surface area (TPSA) is 56.4 Å². The van der Waals surface area contributed by atoms with Gasteiger partial charge in [-0.05, 0) is 35.7 Å². The molecule has 0 atom stereocenters. The number of rotatable bonds is 3. The molecule has 1 fully saturated rings. The lowest BCUT2D eigenvalue weighted by atomic mass is 10.1. The second kappa shape index (κ2) is 8.14. The molecular weight excluding hydrogens is 414 g/mol. The summed E-state index contributed by atoms with van der Waals surface area (Å²) in [5.74, 6) is -1.06. The van der Waals surface area contributed by atoms with Crippen LogP contribution in [0.15, 0.2) is 53.3 Å². The molecular formula is C22H19F4N3O2. The molecule has 162 valence electrons. The van der Waals surface area contributed by atoms with E-state index in [-0.39, 0.29) is 23.6 Å². The number of carbonyl (C=O) groups excluding carboxylic acids is 1. The lowest BCUT2D eigenvalue weighted by Crippen LogP contribution is -2.48. The van der Waals surface area contributed by atoms with Gasteiger partial charge >= 0.3 is 6.18 Å². The van der Waals surface area contributed by atoms with Gasteiger partial charge in [-0.1, -0.05) is 12.1 Å². The number of fused-ring (bicyclic) bond motifs is 1. The molecule has 1 N–H and O–H groups in total. The van der Waals surface area contributed by atoms with Gasteiger partial charge in [-0.3, -0.25) is 14.5 Å². The highest BCUT2D eigenvalue weighted by Crippen LogP contribution is 2.30. The minimum absolute atomic E-state index is 0.170. The van der Waals surface area contributed by atoms with E-state index < -0.39 is 17.6 Å². The molecule has 5 nitrogen and oxygen atoms in total. The Hall–Kier alpha value is -3.20. The minimum Gasteiger partial charge on any atom is -0.336 e. The number of amides is 1. The van der Waals surface area contributed by atoms with E-state index in [1.165, 1.54) is 6.07 Å². The summed E-state index contributed by atoms with van der Waals surface area (Å²) in [6.07, 6.45) is -4.58.